The predicted octanol–water partition coefficient (Wildman–Crippen LogP) is 2.21. The third-order valence-electron chi connectivity index (χ3n) is 2.17. The van der Waals surface area contributed by atoms with Crippen molar-refractivity contribution >= 4 is 34.2 Å². The summed E-state index contributed by atoms with van der Waals surface area (Å²) in [6.45, 7) is 2.65. The summed E-state index contributed by atoms with van der Waals surface area (Å²) in [4.78, 5) is 11.6. The highest BCUT2D eigenvalue weighted by atomic mass is 79.9. The Morgan fingerprint density at radius 1 is 1.38 bits per heavy atom. The monoisotopic (exact) mass is 306 g/mol. The van der Waals surface area contributed by atoms with Crippen LogP contribution in [0.2, 0.25) is 0 Å². The van der Waals surface area contributed by atoms with E-state index in [1.807, 2.05) is 26.1 Å². The SMILES string of the molecule is CNC(C)CNC(=O)c1ccc(Br)cc1.Cl. The summed E-state index contributed by atoms with van der Waals surface area (Å²) < 4.78 is 0.975. The summed E-state index contributed by atoms with van der Waals surface area (Å²) in [7, 11) is 1.87. The summed E-state index contributed by atoms with van der Waals surface area (Å²) in [5.41, 5.74) is 0.682. The van der Waals surface area contributed by atoms with Crippen molar-refractivity contribution in [2.24, 2.45) is 0 Å². The number of hydrogen-bond acceptors (Lipinski definition) is 2. The van der Waals surface area contributed by atoms with Gasteiger partial charge in [0.15, 0.2) is 0 Å². The third kappa shape index (κ3) is 4.96. The summed E-state index contributed by atoms with van der Waals surface area (Å²) in [5, 5.41) is 5.91. The minimum absolute atomic E-state index is 0. The fraction of sp³-hybridized carbons (Fsp3) is 0.364. The second kappa shape index (κ2) is 7.65. The molecule has 0 heterocycles. The molecule has 0 bridgehead atoms. The van der Waals surface area contributed by atoms with E-state index in [2.05, 4.69) is 26.6 Å². The largest absolute Gasteiger partial charge is 0.350 e. The number of rotatable bonds is 4. The number of carbonyl (C=O) groups is 1. The van der Waals surface area contributed by atoms with Gasteiger partial charge in [-0.25, -0.2) is 0 Å². The van der Waals surface area contributed by atoms with Crippen molar-refractivity contribution in [2.75, 3.05) is 13.6 Å². The molecule has 1 amide bonds. The van der Waals surface area contributed by atoms with Crippen molar-refractivity contribution in [3.8, 4) is 0 Å². The Balaban J connectivity index is 0.00000225. The quantitative estimate of drug-likeness (QED) is 0.895. The summed E-state index contributed by atoms with van der Waals surface area (Å²) in [6.07, 6.45) is 0. The molecule has 90 valence electrons. The van der Waals surface area contributed by atoms with Gasteiger partial charge in [0.05, 0.1) is 0 Å². The van der Waals surface area contributed by atoms with E-state index >= 15 is 0 Å². The first kappa shape index (κ1) is 15.4. The smallest absolute Gasteiger partial charge is 0.251 e. The van der Waals surface area contributed by atoms with Gasteiger partial charge in [0.1, 0.15) is 0 Å². The maximum absolute atomic E-state index is 11.6. The van der Waals surface area contributed by atoms with E-state index in [1.54, 1.807) is 12.1 Å². The van der Waals surface area contributed by atoms with Gasteiger partial charge in [-0.1, -0.05) is 15.9 Å². The zero-order chi connectivity index (χ0) is 11.3. The van der Waals surface area contributed by atoms with E-state index in [0.717, 1.165) is 4.47 Å². The number of nitrogens with one attached hydrogen (secondary N) is 2. The molecule has 1 rings (SSSR count). The molecule has 0 spiro atoms. The molecular formula is C11H16BrClN2O. The zero-order valence-electron chi connectivity index (χ0n) is 9.29. The van der Waals surface area contributed by atoms with Crippen LogP contribution in [-0.4, -0.2) is 25.5 Å². The second-order valence-corrected chi connectivity index (χ2v) is 4.32. The number of amides is 1. The van der Waals surface area contributed by atoms with Gasteiger partial charge in [0.2, 0.25) is 0 Å². The van der Waals surface area contributed by atoms with Gasteiger partial charge in [-0.3, -0.25) is 4.79 Å². The molecule has 0 aliphatic rings. The molecule has 0 aliphatic heterocycles. The molecule has 3 nitrogen and oxygen atoms in total. The van der Waals surface area contributed by atoms with E-state index in [9.17, 15) is 4.79 Å². The Labute approximate surface area is 111 Å². The first-order valence-electron chi connectivity index (χ1n) is 4.84. The highest BCUT2D eigenvalue weighted by Crippen LogP contribution is 2.10. The summed E-state index contributed by atoms with van der Waals surface area (Å²) in [5.74, 6) is -0.0374. The second-order valence-electron chi connectivity index (χ2n) is 3.41. The van der Waals surface area contributed by atoms with E-state index in [0.29, 0.717) is 12.1 Å². The van der Waals surface area contributed by atoms with Crippen molar-refractivity contribution < 1.29 is 4.79 Å². The Morgan fingerprint density at radius 2 is 1.94 bits per heavy atom. The Kier molecular flexibility index (Phi) is 7.38. The van der Waals surface area contributed by atoms with Crippen LogP contribution in [0.5, 0.6) is 0 Å². The van der Waals surface area contributed by atoms with Gasteiger partial charge in [-0.15, -0.1) is 12.4 Å². The van der Waals surface area contributed by atoms with Gasteiger partial charge >= 0.3 is 0 Å². The van der Waals surface area contributed by atoms with Gasteiger partial charge in [0, 0.05) is 22.6 Å². The lowest BCUT2D eigenvalue weighted by Gasteiger charge is -2.11. The van der Waals surface area contributed by atoms with Crippen LogP contribution >= 0.6 is 28.3 Å². The maximum Gasteiger partial charge on any atom is 0.251 e. The normalized spacial score (nSPS) is 11.4. The fourth-order valence-corrected chi connectivity index (χ4v) is 1.32. The molecule has 16 heavy (non-hydrogen) atoms. The minimum Gasteiger partial charge on any atom is -0.350 e. The van der Waals surface area contributed by atoms with Crippen LogP contribution in [0.3, 0.4) is 0 Å². The van der Waals surface area contributed by atoms with Gasteiger partial charge in [0.25, 0.3) is 5.91 Å². The van der Waals surface area contributed by atoms with Crippen molar-refractivity contribution in [1.82, 2.24) is 10.6 Å². The molecule has 0 aromatic heterocycles. The molecule has 1 aromatic carbocycles. The van der Waals surface area contributed by atoms with Crippen molar-refractivity contribution in [3.63, 3.8) is 0 Å². The number of carbonyl (C=O) groups excluding carboxylic acids is 1. The average molecular weight is 308 g/mol. The molecule has 0 saturated heterocycles. The molecule has 0 aliphatic carbocycles. The Hall–Kier alpha value is -0.580. The predicted molar refractivity (Wildman–Crippen MR) is 72.2 cm³/mol. The van der Waals surface area contributed by atoms with Crippen LogP contribution in [0.15, 0.2) is 28.7 Å². The van der Waals surface area contributed by atoms with Crippen LogP contribution < -0.4 is 10.6 Å². The molecule has 1 aromatic rings. The summed E-state index contributed by atoms with van der Waals surface area (Å²) >= 11 is 3.33. The maximum atomic E-state index is 11.6. The van der Waals surface area contributed by atoms with Crippen molar-refractivity contribution in [2.45, 2.75) is 13.0 Å². The minimum atomic E-state index is -0.0374. The van der Waals surface area contributed by atoms with Crippen LogP contribution in [0.4, 0.5) is 0 Å². The van der Waals surface area contributed by atoms with E-state index in [1.165, 1.54) is 0 Å². The first-order chi connectivity index (χ1) is 7.13. The molecule has 5 heteroatoms. The molecule has 0 radical (unpaired) electrons. The van der Waals surface area contributed by atoms with E-state index in [4.69, 9.17) is 0 Å². The number of likely N-dealkylation sites (N-methyl/N-ethyl adjacent to an activating group) is 1. The van der Waals surface area contributed by atoms with Gasteiger partial charge in [-0.2, -0.15) is 0 Å². The van der Waals surface area contributed by atoms with Crippen LogP contribution in [0.25, 0.3) is 0 Å². The van der Waals surface area contributed by atoms with Gasteiger partial charge in [-0.05, 0) is 38.2 Å². The van der Waals surface area contributed by atoms with Crippen molar-refractivity contribution in [1.29, 1.82) is 0 Å². The van der Waals surface area contributed by atoms with Crippen LogP contribution in [-0.2, 0) is 0 Å². The lowest BCUT2D eigenvalue weighted by molar-refractivity contribution is 0.0950. The molecular weight excluding hydrogens is 291 g/mol. The van der Waals surface area contributed by atoms with E-state index in [-0.39, 0.29) is 24.4 Å². The van der Waals surface area contributed by atoms with Crippen LogP contribution in [0.1, 0.15) is 17.3 Å². The van der Waals surface area contributed by atoms with Crippen LogP contribution in [0, 0.1) is 0 Å². The molecule has 0 saturated carbocycles. The number of benzene rings is 1. The number of hydrogen-bond donors (Lipinski definition) is 2. The molecule has 0 fully saturated rings. The molecule has 1 unspecified atom stereocenters. The lowest BCUT2D eigenvalue weighted by atomic mass is 10.2. The highest BCUT2D eigenvalue weighted by molar-refractivity contribution is 9.10. The molecule has 2 N–H and O–H groups in total. The fourth-order valence-electron chi connectivity index (χ4n) is 1.05. The molecule has 1 atom stereocenters. The standard InChI is InChI=1S/C11H15BrN2O.ClH/c1-8(13-2)7-14-11(15)9-3-5-10(12)6-4-9;/h3-6,8,13H,7H2,1-2H3,(H,14,15);1H. The lowest BCUT2D eigenvalue weighted by Crippen LogP contribution is -2.37. The van der Waals surface area contributed by atoms with Gasteiger partial charge < -0.3 is 10.6 Å². The third-order valence-corrected chi connectivity index (χ3v) is 2.70. The first-order valence-corrected chi connectivity index (χ1v) is 5.64. The Bertz CT molecular complexity index is 329. The van der Waals surface area contributed by atoms with E-state index < -0.39 is 0 Å². The van der Waals surface area contributed by atoms with Crippen molar-refractivity contribution in [3.05, 3.63) is 34.3 Å². The average Bonchev–Trinajstić information content (AvgIpc) is 2.26. The summed E-state index contributed by atoms with van der Waals surface area (Å²) in [6, 6.07) is 7.59. The zero-order valence-corrected chi connectivity index (χ0v) is 11.7. The number of halogens is 2. The Morgan fingerprint density at radius 3 is 2.44 bits per heavy atom. The highest BCUT2D eigenvalue weighted by Gasteiger charge is 2.05. The topological polar surface area (TPSA) is 41.1 Å².